The molecule has 0 aliphatic heterocycles. The molecule has 0 unspecified atom stereocenters. The fourth-order valence-electron chi connectivity index (χ4n) is 1.31. The highest BCUT2D eigenvalue weighted by molar-refractivity contribution is 7.80. The molecule has 2 nitrogen and oxygen atoms in total. The van der Waals surface area contributed by atoms with Crippen molar-refractivity contribution < 1.29 is 8.97 Å². The Morgan fingerprint density at radius 1 is 0.643 bits per heavy atom. The maximum absolute atomic E-state index is 4.29. The third kappa shape index (κ3) is 6.98. The predicted octanol–water partition coefficient (Wildman–Crippen LogP) is 0.999. The van der Waals surface area contributed by atoms with E-state index in [1.807, 2.05) is 0 Å². The molecule has 0 aliphatic rings. The summed E-state index contributed by atoms with van der Waals surface area (Å²) in [5, 5.41) is 0. The van der Waals surface area contributed by atoms with E-state index in [1.165, 1.54) is 13.1 Å². The van der Waals surface area contributed by atoms with Gasteiger partial charge in [0.15, 0.2) is 0 Å². The molecule has 0 fully saturated rings. The Morgan fingerprint density at radius 3 is 1.14 bits per heavy atom. The highest BCUT2D eigenvalue weighted by atomic mass is 32.1. The summed E-state index contributed by atoms with van der Waals surface area (Å²) in [5.74, 6) is 1.93. The van der Waals surface area contributed by atoms with Crippen molar-refractivity contribution >= 4 is 25.3 Å². The Labute approximate surface area is 100 Å². The van der Waals surface area contributed by atoms with Gasteiger partial charge in [-0.3, -0.25) is 0 Å². The first-order chi connectivity index (χ1) is 6.33. The normalized spacial score (nSPS) is 13.3. The minimum absolute atomic E-state index is 0.965. The van der Waals surface area contributed by atoms with Crippen molar-refractivity contribution in [1.82, 2.24) is 0 Å². The molecule has 0 saturated heterocycles. The molecule has 0 aromatic heterocycles. The number of rotatable bonds is 7. The van der Waals surface area contributed by atoms with Gasteiger partial charge in [0, 0.05) is 11.5 Å². The molecule has 0 aromatic carbocycles. The average molecular weight is 238 g/mol. The van der Waals surface area contributed by atoms with Gasteiger partial charge in [-0.15, -0.1) is 0 Å². The van der Waals surface area contributed by atoms with E-state index in [4.69, 9.17) is 0 Å². The molecule has 0 spiro atoms. The van der Waals surface area contributed by atoms with Gasteiger partial charge in [-0.1, -0.05) is 0 Å². The topological polar surface area (TPSA) is 0 Å². The van der Waals surface area contributed by atoms with Gasteiger partial charge in [0.05, 0.1) is 41.3 Å². The molecule has 86 valence electrons. The third-order valence-electron chi connectivity index (χ3n) is 2.72. The van der Waals surface area contributed by atoms with Crippen molar-refractivity contribution in [3.63, 3.8) is 0 Å². The van der Waals surface area contributed by atoms with E-state index in [9.17, 15) is 0 Å². The number of hydrogen-bond acceptors (Lipinski definition) is 2. The van der Waals surface area contributed by atoms with Crippen molar-refractivity contribution in [2.24, 2.45) is 0 Å². The monoisotopic (exact) mass is 238 g/mol. The number of hydrogen-bond donors (Lipinski definition) is 2. The molecule has 0 saturated carbocycles. The number of nitrogens with zero attached hydrogens (tertiary/aromatic N) is 2. The van der Waals surface area contributed by atoms with Crippen LogP contribution in [-0.4, -0.2) is 74.8 Å². The summed E-state index contributed by atoms with van der Waals surface area (Å²) < 4.78 is 2.13. The summed E-state index contributed by atoms with van der Waals surface area (Å²) in [5.41, 5.74) is 0. The van der Waals surface area contributed by atoms with Gasteiger partial charge in [-0.25, -0.2) is 0 Å². The summed E-state index contributed by atoms with van der Waals surface area (Å²) in [6, 6.07) is 0. The Kier molecular flexibility index (Phi) is 6.53. The van der Waals surface area contributed by atoms with Gasteiger partial charge in [0.2, 0.25) is 0 Å². The molecule has 0 rings (SSSR count). The molecular formula is C10H26N2S2+2. The summed E-state index contributed by atoms with van der Waals surface area (Å²) >= 11 is 8.58. The Bertz CT molecular complexity index is 140. The van der Waals surface area contributed by atoms with Crippen LogP contribution in [0.25, 0.3) is 0 Å². The minimum Gasteiger partial charge on any atom is -0.323 e. The van der Waals surface area contributed by atoms with Gasteiger partial charge in [-0.05, 0) is 0 Å². The second-order valence-corrected chi connectivity index (χ2v) is 6.11. The fourth-order valence-corrected chi connectivity index (χ4v) is 2.39. The van der Waals surface area contributed by atoms with Gasteiger partial charge in [-0.2, -0.15) is 25.3 Å². The fraction of sp³-hybridized carbons (Fsp3) is 1.00. The lowest BCUT2D eigenvalue weighted by molar-refractivity contribution is -0.943. The number of thiol groups is 2. The van der Waals surface area contributed by atoms with E-state index in [0.29, 0.717) is 0 Å². The summed E-state index contributed by atoms with van der Waals surface area (Å²) in [6.07, 6.45) is 0. The van der Waals surface area contributed by atoms with Gasteiger partial charge in [0.1, 0.15) is 13.1 Å². The summed E-state index contributed by atoms with van der Waals surface area (Å²) in [4.78, 5) is 0. The van der Waals surface area contributed by atoms with E-state index >= 15 is 0 Å². The van der Waals surface area contributed by atoms with Gasteiger partial charge >= 0.3 is 0 Å². The molecule has 0 N–H and O–H groups in total. The lowest BCUT2D eigenvalue weighted by atomic mass is 10.3. The third-order valence-corrected chi connectivity index (χ3v) is 3.12. The largest absolute Gasteiger partial charge is 0.323 e. The van der Waals surface area contributed by atoms with Crippen LogP contribution >= 0.6 is 25.3 Å². The average Bonchev–Trinajstić information content (AvgIpc) is 2.01. The Morgan fingerprint density at radius 2 is 0.929 bits per heavy atom. The maximum atomic E-state index is 4.29. The summed E-state index contributed by atoms with van der Waals surface area (Å²) in [7, 11) is 9.10. The van der Waals surface area contributed by atoms with Crippen LogP contribution in [0.15, 0.2) is 0 Å². The zero-order chi connectivity index (χ0) is 11.2. The van der Waals surface area contributed by atoms with Crippen LogP contribution in [0.2, 0.25) is 0 Å². The van der Waals surface area contributed by atoms with E-state index in [0.717, 1.165) is 33.6 Å². The van der Waals surface area contributed by atoms with Crippen LogP contribution in [-0.2, 0) is 0 Å². The van der Waals surface area contributed by atoms with Crippen molar-refractivity contribution in [2.75, 3.05) is 65.9 Å². The van der Waals surface area contributed by atoms with E-state index in [2.05, 4.69) is 53.4 Å². The maximum Gasteiger partial charge on any atom is 0.128 e. The Hall–Kier alpha value is 0.620. The molecule has 0 radical (unpaired) electrons. The lowest BCUT2D eigenvalue weighted by Crippen LogP contribution is -2.52. The standard InChI is InChI=1S/C10H24N2S2/c1-11(2,7-9-13)5-6-12(3,4)8-10-14/h5-10H2,1-4H3/p+2. The van der Waals surface area contributed by atoms with Crippen molar-refractivity contribution in [2.45, 2.75) is 0 Å². The zero-order valence-corrected chi connectivity index (χ0v) is 11.8. The number of quaternary nitrogens is 2. The minimum atomic E-state index is 0.965. The lowest BCUT2D eigenvalue weighted by Gasteiger charge is -2.35. The highest BCUT2D eigenvalue weighted by Gasteiger charge is 2.21. The predicted molar refractivity (Wildman–Crippen MR) is 71.4 cm³/mol. The molecule has 4 heteroatoms. The van der Waals surface area contributed by atoms with Crippen LogP contribution in [0.1, 0.15) is 0 Å². The van der Waals surface area contributed by atoms with Crippen molar-refractivity contribution in [3.8, 4) is 0 Å². The van der Waals surface area contributed by atoms with Gasteiger partial charge < -0.3 is 8.97 Å². The molecule has 0 atom stereocenters. The number of likely N-dealkylation sites (N-methyl/N-ethyl adjacent to an activating group) is 2. The SMILES string of the molecule is C[N+](C)(CCS)CC[N+](C)(C)CCS. The quantitative estimate of drug-likeness (QED) is 0.480. The van der Waals surface area contributed by atoms with Crippen LogP contribution < -0.4 is 0 Å². The first-order valence-electron chi connectivity index (χ1n) is 5.19. The van der Waals surface area contributed by atoms with Crippen molar-refractivity contribution in [1.29, 1.82) is 0 Å². The molecule has 0 amide bonds. The first kappa shape index (κ1) is 14.6. The first-order valence-corrected chi connectivity index (χ1v) is 6.45. The van der Waals surface area contributed by atoms with E-state index in [-0.39, 0.29) is 0 Å². The molecule has 14 heavy (non-hydrogen) atoms. The molecule has 0 aliphatic carbocycles. The van der Waals surface area contributed by atoms with Gasteiger partial charge in [0.25, 0.3) is 0 Å². The molecule has 0 heterocycles. The Balaban J connectivity index is 3.90. The van der Waals surface area contributed by atoms with Crippen LogP contribution in [0, 0.1) is 0 Å². The molecule has 0 bridgehead atoms. The highest BCUT2D eigenvalue weighted by Crippen LogP contribution is 2.03. The molecule has 0 aromatic rings. The van der Waals surface area contributed by atoms with Crippen molar-refractivity contribution in [3.05, 3.63) is 0 Å². The second-order valence-electron chi connectivity index (χ2n) is 5.21. The smallest absolute Gasteiger partial charge is 0.128 e. The van der Waals surface area contributed by atoms with Crippen LogP contribution in [0.3, 0.4) is 0 Å². The zero-order valence-electron chi connectivity index (χ0n) is 10.0. The molecular weight excluding hydrogens is 212 g/mol. The van der Waals surface area contributed by atoms with E-state index in [1.54, 1.807) is 0 Å². The van der Waals surface area contributed by atoms with Crippen LogP contribution in [0.4, 0.5) is 0 Å². The van der Waals surface area contributed by atoms with Crippen LogP contribution in [0.5, 0.6) is 0 Å². The second kappa shape index (κ2) is 6.26. The van der Waals surface area contributed by atoms with E-state index < -0.39 is 0 Å². The summed E-state index contributed by atoms with van der Waals surface area (Å²) in [6.45, 7) is 4.71.